The minimum atomic E-state index is -0.958. The SMILES string of the molecule is CSCCC(C(=O)Nc1nc2scc(-c3ccccc3)n2n1)N1C(=O)c2ccccc2C1=O. The molecule has 0 aliphatic carbocycles. The summed E-state index contributed by atoms with van der Waals surface area (Å²) in [5.74, 6) is -0.660. The molecule has 0 saturated heterocycles. The Bertz CT molecular complexity index is 1330. The Morgan fingerprint density at radius 3 is 2.39 bits per heavy atom. The molecule has 2 aromatic carbocycles. The number of rotatable bonds is 7. The first kappa shape index (κ1) is 21.4. The first-order valence-corrected chi connectivity index (χ1v) is 12.5. The van der Waals surface area contributed by atoms with E-state index >= 15 is 0 Å². The topological polar surface area (TPSA) is 96.7 Å². The van der Waals surface area contributed by atoms with Crippen LogP contribution in [0.15, 0.2) is 60.0 Å². The molecule has 0 radical (unpaired) electrons. The summed E-state index contributed by atoms with van der Waals surface area (Å²) in [5.41, 5.74) is 2.48. The van der Waals surface area contributed by atoms with Gasteiger partial charge < -0.3 is 0 Å². The lowest BCUT2D eigenvalue weighted by molar-refractivity contribution is -0.120. The average molecular weight is 478 g/mol. The number of aromatic nitrogens is 3. The number of nitrogens with zero attached hydrogens (tertiary/aromatic N) is 4. The van der Waals surface area contributed by atoms with Crippen molar-refractivity contribution in [2.24, 2.45) is 0 Å². The summed E-state index contributed by atoms with van der Waals surface area (Å²) < 4.78 is 1.68. The molecule has 1 atom stereocenters. The molecule has 2 aromatic heterocycles. The van der Waals surface area contributed by atoms with Crippen LogP contribution in [0.25, 0.3) is 16.2 Å². The molecule has 4 aromatic rings. The minimum absolute atomic E-state index is 0.134. The summed E-state index contributed by atoms with van der Waals surface area (Å²) in [5, 5.41) is 9.12. The van der Waals surface area contributed by atoms with Gasteiger partial charge in [0.1, 0.15) is 6.04 Å². The van der Waals surface area contributed by atoms with Crippen molar-refractivity contribution in [2.75, 3.05) is 17.3 Å². The highest BCUT2D eigenvalue weighted by atomic mass is 32.2. The molecule has 0 bridgehead atoms. The van der Waals surface area contributed by atoms with Gasteiger partial charge in [0.05, 0.1) is 16.8 Å². The first-order chi connectivity index (χ1) is 16.1. The summed E-state index contributed by atoms with van der Waals surface area (Å²) in [7, 11) is 0. The van der Waals surface area contributed by atoms with E-state index in [-0.39, 0.29) is 5.95 Å². The van der Waals surface area contributed by atoms with Crippen molar-refractivity contribution in [1.82, 2.24) is 19.5 Å². The number of anilines is 1. The molecule has 5 rings (SSSR count). The van der Waals surface area contributed by atoms with E-state index in [2.05, 4.69) is 15.4 Å². The lowest BCUT2D eigenvalue weighted by atomic mass is 10.1. The van der Waals surface area contributed by atoms with E-state index in [1.807, 2.05) is 42.0 Å². The van der Waals surface area contributed by atoms with Gasteiger partial charge in [-0.2, -0.15) is 16.7 Å². The van der Waals surface area contributed by atoms with Gasteiger partial charge in [0, 0.05) is 10.9 Å². The molecule has 1 unspecified atom stereocenters. The summed E-state index contributed by atoms with van der Waals surface area (Å²) in [4.78, 5) is 45.3. The Morgan fingerprint density at radius 1 is 1.06 bits per heavy atom. The van der Waals surface area contributed by atoms with Gasteiger partial charge in [0.15, 0.2) is 0 Å². The predicted molar refractivity (Wildman–Crippen MR) is 129 cm³/mol. The normalized spacial score (nSPS) is 14.0. The van der Waals surface area contributed by atoms with Crippen LogP contribution in [0.3, 0.4) is 0 Å². The maximum atomic E-state index is 13.2. The van der Waals surface area contributed by atoms with Crippen LogP contribution in [0.1, 0.15) is 27.1 Å². The molecule has 3 amide bonds. The number of amides is 3. The molecule has 10 heteroatoms. The van der Waals surface area contributed by atoms with Crippen LogP contribution in [0, 0.1) is 0 Å². The summed E-state index contributed by atoms with van der Waals surface area (Å²) in [6.45, 7) is 0. The number of thiazole rings is 1. The van der Waals surface area contributed by atoms with Crippen molar-refractivity contribution in [3.05, 3.63) is 71.1 Å². The van der Waals surface area contributed by atoms with Crippen molar-refractivity contribution >= 4 is 51.7 Å². The van der Waals surface area contributed by atoms with E-state index in [4.69, 9.17) is 0 Å². The van der Waals surface area contributed by atoms with Crippen molar-refractivity contribution < 1.29 is 14.4 Å². The van der Waals surface area contributed by atoms with Crippen molar-refractivity contribution in [1.29, 1.82) is 0 Å². The number of carbonyl (C=O) groups is 3. The molecule has 0 spiro atoms. The third-order valence-corrected chi connectivity index (χ3v) is 6.88. The van der Waals surface area contributed by atoms with Gasteiger partial charge in [-0.3, -0.25) is 24.6 Å². The summed E-state index contributed by atoms with van der Waals surface area (Å²) >= 11 is 2.95. The molecular formula is C23H19N5O3S2. The first-order valence-electron chi connectivity index (χ1n) is 10.2. The standard InChI is InChI=1S/C23H19N5O3S2/c1-32-12-11-17(27-20(30)15-9-5-6-10-16(15)21(27)31)19(29)24-22-25-23-28(26-22)18(13-33-23)14-7-3-2-4-8-14/h2-10,13,17H,11-12H2,1H3,(H,24,26,29). The van der Waals surface area contributed by atoms with Gasteiger partial charge in [-0.05, 0) is 30.6 Å². The fourth-order valence-electron chi connectivity index (χ4n) is 3.83. The number of imide groups is 1. The van der Waals surface area contributed by atoms with E-state index in [1.165, 1.54) is 11.3 Å². The van der Waals surface area contributed by atoms with Crippen molar-refractivity contribution in [2.45, 2.75) is 12.5 Å². The molecule has 1 aliphatic heterocycles. The lowest BCUT2D eigenvalue weighted by Gasteiger charge is -2.24. The molecule has 33 heavy (non-hydrogen) atoms. The predicted octanol–water partition coefficient (Wildman–Crippen LogP) is 3.81. The number of hydrogen-bond donors (Lipinski definition) is 1. The summed E-state index contributed by atoms with van der Waals surface area (Å²) in [6, 6.07) is 15.4. The lowest BCUT2D eigenvalue weighted by Crippen LogP contribution is -2.47. The quantitative estimate of drug-likeness (QED) is 0.407. The largest absolute Gasteiger partial charge is 0.291 e. The van der Waals surface area contributed by atoms with Gasteiger partial charge in [-0.15, -0.1) is 16.4 Å². The molecule has 0 saturated carbocycles. The number of hydrogen-bond acceptors (Lipinski definition) is 7. The highest BCUT2D eigenvalue weighted by molar-refractivity contribution is 7.98. The van der Waals surface area contributed by atoms with Crippen LogP contribution in [0.5, 0.6) is 0 Å². The van der Waals surface area contributed by atoms with Gasteiger partial charge in [0.2, 0.25) is 10.9 Å². The Morgan fingerprint density at radius 2 is 1.73 bits per heavy atom. The molecule has 3 heterocycles. The maximum absolute atomic E-state index is 13.2. The summed E-state index contributed by atoms with van der Waals surface area (Å²) in [6.07, 6.45) is 2.24. The Labute approximate surface area is 197 Å². The van der Waals surface area contributed by atoms with Crippen molar-refractivity contribution in [3.8, 4) is 11.3 Å². The number of carbonyl (C=O) groups excluding carboxylic acids is 3. The highest BCUT2D eigenvalue weighted by Gasteiger charge is 2.42. The van der Waals surface area contributed by atoms with E-state index in [0.29, 0.717) is 28.3 Å². The zero-order valence-corrected chi connectivity index (χ0v) is 19.2. The van der Waals surface area contributed by atoms with Gasteiger partial charge in [0.25, 0.3) is 17.8 Å². The Kier molecular flexibility index (Phi) is 5.69. The third kappa shape index (κ3) is 3.81. The molecule has 166 valence electrons. The second-order valence-corrected chi connectivity index (χ2v) is 9.25. The highest BCUT2D eigenvalue weighted by Crippen LogP contribution is 2.28. The maximum Gasteiger partial charge on any atom is 0.262 e. The molecule has 8 nitrogen and oxygen atoms in total. The van der Waals surface area contributed by atoms with Crippen LogP contribution in [0.4, 0.5) is 5.95 Å². The smallest absolute Gasteiger partial charge is 0.262 e. The minimum Gasteiger partial charge on any atom is -0.291 e. The van der Waals surface area contributed by atoms with Crippen LogP contribution < -0.4 is 5.32 Å². The zero-order chi connectivity index (χ0) is 22.9. The second kappa shape index (κ2) is 8.80. The van der Waals surface area contributed by atoms with E-state index in [0.717, 1.165) is 16.2 Å². The van der Waals surface area contributed by atoms with E-state index < -0.39 is 23.8 Å². The zero-order valence-electron chi connectivity index (χ0n) is 17.6. The van der Waals surface area contributed by atoms with Gasteiger partial charge in [-0.25, -0.2) is 4.52 Å². The van der Waals surface area contributed by atoms with E-state index in [9.17, 15) is 14.4 Å². The second-order valence-electron chi connectivity index (χ2n) is 7.43. The van der Waals surface area contributed by atoms with Crippen LogP contribution in [-0.2, 0) is 4.79 Å². The van der Waals surface area contributed by atoms with Gasteiger partial charge in [-0.1, -0.05) is 42.5 Å². The molecular weight excluding hydrogens is 458 g/mol. The number of fused-ring (bicyclic) bond motifs is 2. The Balaban J connectivity index is 1.42. The van der Waals surface area contributed by atoms with Gasteiger partial charge >= 0.3 is 0 Å². The number of thioether (sulfide) groups is 1. The average Bonchev–Trinajstić information content (AvgIpc) is 3.48. The van der Waals surface area contributed by atoms with Crippen LogP contribution >= 0.6 is 23.1 Å². The third-order valence-electron chi connectivity index (χ3n) is 5.42. The van der Waals surface area contributed by atoms with Crippen molar-refractivity contribution in [3.63, 3.8) is 0 Å². The van der Waals surface area contributed by atoms with E-state index in [1.54, 1.807) is 40.5 Å². The molecule has 1 aliphatic rings. The van der Waals surface area contributed by atoms with Crippen LogP contribution in [0.2, 0.25) is 0 Å². The fourth-order valence-corrected chi connectivity index (χ4v) is 5.12. The number of nitrogens with one attached hydrogen (secondary N) is 1. The number of benzene rings is 2. The van der Waals surface area contributed by atoms with Crippen LogP contribution in [-0.4, -0.2) is 55.3 Å². The molecule has 0 fully saturated rings. The fraction of sp³-hybridized carbons (Fsp3) is 0.174. The monoisotopic (exact) mass is 477 g/mol. The molecule has 1 N–H and O–H groups in total. The Hall–Kier alpha value is -3.50.